The molecular weight excluding hydrogens is 378 g/mol. The van der Waals surface area contributed by atoms with Gasteiger partial charge in [-0.2, -0.15) is 0 Å². The number of aryl methyl sites for hydroxylation is 1. The summed E-state index contributed by atoms with van der Waals surface area (Å²) in [5, 5.41) is 20.1. The van der Waals surface area contributed by atoms with Crippen LogP contribution in [0, 0.1) is 0 Å². The number of para-hydroxylation sites is 1. The highest BCUT2D eigenvalue weighted by Crippen LogP contribution is 2.25. The Balaban J connectivity index is 1.65. The molecule has 154 valence electrons. The molecule has 0 saturated heterocycles. The lowest BCUT2D eigenvalue weighted by Crippen LogP contribution is -2.09. The third kappa shape index (κ3) is 3.74. The van der Waals surface area contributed by atoms with Gasteiger partial charge < -0.3 is 19.3 Å². The van der Waals surface area contributed by atoms with E-state index in [0.717, 1.165) is 47.4 Å². The Kier molecular flexibility index (Phi) is 5.68. The first-order chi connectivity index (χ1) is 14.6. The number of hydrogen-bond acceptors (Lipinski definition) is 3. The Morgan fingerprint density at radius 3 is 2.60 bits per heavy atom. The number of aliphatic hydroxyl groups is 1. The average Bonchev–Trinajstić information content (AvgIpc) is 3.36. The summed E-state index contributed by atoms with van der Waals surface area (Å²) in [6.45, 7) is 2.76. The third-order valence-corrected chi connectivity index (χ3v) is 5.43. The van der Waals surface area contributed by atoms with Gasteiger partial charge in [-0.05, 0) is 36.2 Å². The monoisotopic (exact) mass is 403 g/mol. The lowest BCUT2D eigenvalue weighted by Gasteiger charge is -2.13. The predicted octanol–water partition coefficient (Wildman–Crippen LogP) is 4.41. The van der Waals surface area contributed by atoms with E-state index in [1.54, 1.807) is 18.3 Å². The summed E-state index contributed by atoms with van der Waals surface area (Å²) in [7, 11) is 0. The molecule has 0 aliphatic carbocycles. The van der Waals surface area contributed by atoms with E-state index in [-0.39, 0.29) is 12.2 Å². The zero-order valence-electron chi connectivity index (χ0n) is 17.0. The number of hydrogen-bond donors (Lipinski definition) is 2. The number of carboxylic acid groups (broad SMARTS) is 1. The molecule has 6 heteroatoms. The molecule has 0 amide bonds. The fourth-order valence-corrected chi connectivity index (χ4v) is 3.83. The number of benzene rings is 2. The second-order valence-corrected chi connectivity index (χ2v) is 7.41. The maximum Gasteiger partial charge on any atom is 0.337 e. The van der Waals surface area contributed by atoms with Crippen molar-refractivity contribution in [2.24, 2.45) is 0 Å². The number of aromatic nitrogens is 3. The second-order valence-electron chi connectivity index (χ2n) is 7.41. The van der Waals surface area contributed by atoms with Crippen LogP contribution >= 0.6 is 0 Å². The van der Waals surface area contributed by atoms with Crippen LogP contribution in [0.4, 0.5) is 0 Å². The van der Waals surface area contributed by atoms with Crippen LogP contribution in [-0.4, -0.2) is 30.3 Å². The number of fused-ring (bicyclic) bond motifs is 1. The van der Waals surface area contributed by atoms with E-state index < -0.39 is 5.97 Å². The molecular formula is C24H25N3O3. The maximum atomic E-state index is 11.7. The van der Waals surface area contributed by atoms with E-state index in [1.807, 2.05) is 47.2 Å². The molecule has 0 bridgehead atoms. The lowest BCUT2D eigenvalue weighted by molar-refractivity contribution is 0.0698. The third-order valence-electron chi connectivity index (χ3n) is 5.43. The average molecular weight is 403 g/mol. The van der Waals surface area contributed by atoms with Crippen LogP contribution in [-0.2, 0) is 19.6 Å². The van der Waals surface area contributed by atoms with Crippen molar-refractivity contribution in [1.82, 2.24) is 14.1 Å². The molecule has 2 N–H and O–H groups in total. The van der Waals surface area contributed by atoms with E-state index in [2.05, 4.69) is 16.5 Å². The molecule has 0 radical (unpaired) electrons. The number of rotatable bonds is 8. The fourth-order valence-electron chi connectivity index (χ4n) is 3.83. The number of unbranched alkanes of at least 4 members (excludes halogenated alkanes) is 1. The van der Waals surface area contributed by atoms with Gasteiger partial charge in [0.2, 0.25) is 0 Å². The van der Waals surface area contributed by atoms with Crippen LogP contribution in [0.2, 0.25) is 0 Å². The van der Waals surface area contributed by atoms with Gasteiger partial charge in [-0.1, -0.05) is 37.6 Å². The Bertz CT molecular complexity index is 1170. The molecule has 4 rings (SSSR count). The highest BCUT2D eigenvalue weighted by molar-refractivity contribution is 6.02. The van der Waals surface area contributed by atoms with Crippen molar-refractivity contribution in [3.63, 3.8) is 0 Å². The summed E-state index contributed by atoms with van der Waals surface area (Å²) in [5.41, 5.74) is 3.79. The topological polar surface area (TPSA) is 80.3 Å². The Hall–Kier alpha value is -3.38. The minimum atomic E-state index is -0.937. The zero-order valence-corrected chi connectivity index (χ0v) is 17.0. The van der Waals surface area contributed by atoms with Gasteiger partial charge in [0.15, 0.2) is 0 Å². The molecule has 0 spiro atoms. The fraction of sp³-hybridized carbons (Fsp3) is 0.250. The standard InChI is InChI=1S/C24H25N3O3/c1-2-3-7-22-25-14-20(16-28)27(22)15-17-8-10-19(11-9-17)26-13-12-18-5-4-6-21(23(18)26)24(29)30/h4-6,8-14,28H,2-3,7,15-16H2,1H3,(H,29,30). The highest BCUT2D eigenvalue weighted by Gasteiger charge is 2.14. The number of aliphatic hydroxyl groups excluding tert-OH is 1. The Morgan fingerprint density at radius 2 is 1.90 bits per heavy atom. The van der Waals surface area contributed by atoms with Gasteiger partial charge in [-0.3, -0.25) is 0 Å². The van der Waals surface area contributed by atoms with E-state index in [1.165, 1.54) is 0 Å². The van der Waals surface area contributed by atoms with Gasteiger partial charge in [0, 0.05) is 30.2 Å². The van der Waals surface area contributed by atoms with Crippen LogP contribution < -0.4 is 0 Å². The summed E-state index contributed by atoms with van der Waals surface area (Å²) in [6.07, 6.45) is 6.70. The number of aromatic carboxylic acids is 1. The van der Waals surface area contributed by atoms with Gasteiger partial charge in [-0.25, -0.2) is 9.78 Å². The van der Waals surface area contributed by atoms with Crippen molar-refractivity contribution in [2.75, 3.05) is 0 Å². The second kappa shape index (κ2) is 8.55. The first-order valence-corrected chi connectivity index (χ1v) is 10.2. The molecule has 0 unspecified atom stereocenters. The summed E-state index contributed by atoms with van der Waals surface area (Å²) in [6, 6.07) is 15.3. The van der Waals surface area contributed by atoms with E-state index in [4.69, 9.17) is 0 Å². The van der Waals surface area contributed by atoms with Crippen LogP contribution in [0.15, 0.2) is 60.9 Å². The Labute approximate surface area is 175 Å². The largest absolute Gasteiger partial charge is 0.478 e. The molecule has 6 nitrogen and oxygen atoms in total. The minimum Gasteiger partial charge on any atom is -0.478 e. The smallest absolute Gasteiger partial charge is 0.337 e. The molecule has 0 saturated carbocycles. The van der Waals surface area contributed by atoms with Gasteiger partial charge in [-0.15, -0.1) is 0 Å². The maximum absolute atomic E-state index is 11.7. The molecule has 2 aromatic carbocycles. The molecule has 2 aromatic heterocycles. The molecule has 30 heavy (non-hydrogen) atoms. The minimum absolute atomic E-state index is 0.0372. The zero-order chi connectivity index (χ0) is 21.1. The van der Waals surface area contributed by atoms with Crippen molar-refractivity contribution >= 4 is 16.9 Å². The molecule has 0 fully saturated rings. The number of carboxylic acids is 1. The predicted molar refractivity (Wildman–Crippen MR) is 116 cm³/mol. The van der Waals surface area contributed by atoms with Gasteiger partial charge in [0.05, 0.1) is 29.6 Å². The van der Waals surface area contributed by atoms with Crippen LogP contribution in [0.5, 0.6) is 0 Å². The van der Waals surface area contributed by atoms with Crippen molar-refractivity contribution < 1.29 is 15.0 Å². The first kappa shape index (κ1) is 19.9. The number of nitrogens with zero attached hydrogens (tertiary/aromatic N) is 3. The van der Waals surface area contributed by atoms with Crippen molar-refractivity contribution in [3.8, 4) is 5.69 Å². The van der Waals surface area contributed by atoms with Crippen LogP contribution in [0.3, 0.4) is 0 Å². The summed E-state index contributed by atoms with van der Waals surface area (Å²) < 4.78 is 3.99. The highest BCUT2D eigenvalue weighted by atomic mass is 16.4. The van der Waals surface area contributed by atoms with E-state index >= 15 is 0 Å². The van der Waals surface area contributed by atoms with Crippen molar-refractivity contribution in [1.29, 1.82) is 0 Å². The molecule has 4 aromatic rings. The number of carbonyl (C=O) groups is 1. The van der Waals surface area contributed by atoms with Gasteiger partial charge in [0.1, 0.15) is 5.82 Å². The lowest BCUT2D eigenvalue weighted by atomic mass is 10.1. The normalized spacial score (nSPS) is 11.3. The molecule has 0 aliphatic rings. The molecule has 0 atom stereocenters. The molecule has 2 heterocycles. The summed E-state index contributed by atoms with van der Waals surface area (Å²) >= 11 is 0. The quantitative estimate of drug-likeness (QED) is 0.457. The van der Waals surface area contributed by atoms with Gasteiger partial charge in [0.25, 0.3) is 0 Å². The SMILES string of the molecule is CCCCc1ncc(CO)n1Cc1ccc(-n2ccc3cccc(C(=O)O)c32)cc1. The summed E-state index contributed by atoms with van der Waals surface area (Å²) in [5.74, 6) is 0.0564. The van der Waals surface area contributed by atoms with E-state index in [0.29, 0.717) is 12.1 Å². The Morgan fingerprint density at radius 1 is 1.10 bits per heavy atom. The molecule has 0 aliphatic heterocycles. The van der Waals surface area contributed by atoms with Crippen molar-refractivity contribution in [2.45, 2.75) is 39.3 Å². The number of imidazole rings is 1. The summed E-state index contributed by atoms with van der Waals surface area (Å²) in [4.78, 5) is 16.1. The van der Waals surface area contributed by atoms with Crippen LogP contribution in [0.1, 0.15) is 47.2 Å². The van der Waals surface area contributed by atoms with E-state index in [9.17, 15) is 15.0 Å². The van der Waals surface area contributed by atoms with Crippen LogP contribution in [0.25, 0.3) is 16.6 Å². The van der Waals surface area contributed by atoms with Gasteiger partial charge >= 0.3 is 5.97 Å². The first-order valence-electron chi connectivity index (χ1n) is 10.2. The van der Waals surface area contributed by atoms with Crippen molar-refractivity contribution in [3.05, 3.63) is 83.6 Å².